The van der Waals surface area contributed by atoms with Crippen LogP contribution in [0.4, 0.5) is 0 Å². The molecule has 1 aliphatic rings. The Morgan fingerprint density at radius 3 is 2.80 bits per heavy atom. The van der Waals surface area contributed by atoms with Gasteiger partial charge in [-0.05, 0) is 50.3 Å². The highest BCUT2D eigenvalue weighted by Gasteiger charge is 2.32. The van der Waals surface area contributed by atoms with Crippen molar-refractivity contribution in [1.29, 1.82) is 0 Å². The lowest BCUT2D eigenvalue weighted by Gasteiger charge is -2.21. The number of hydrogen-bond donors (Lipinski definition) is 1. The van der Waals surface area contributed by atoms with Crippen molar-refractivity contribution in [1.82, 2.24) is 9.78 Å². The first-order chi connectivity index (χ1) is 9.59. The van der Waals surface area contributed by atoms with E-state index >= 15 is 0 Å². The van der Waals surface area contributed by atoms with Gasteiger partial charge in [0.1, 0.15) is 0 Å². The Morgan fingerprint density at radius 1 is 1.35 bits per heavy atom. The summed E-state index contributed by atoms with van der Waals surface area (Å²) in [6, 6.07) is 7.97. The van der Waals surface area contributed by atoms with Crippen LogP contribution in [-0.2, 0) is 11.2 Å². The highest BCUT2D eigenvalue weighted by molar-refractivity contribution is 5.77. The second-order valence-electron chi connectivity index (χ2n) is 5.43. The third-order valence-corrected chi connectivity index (χ3v) is 4.12. The minimum atomic E-state index is -0.749. The molecule has 1 atom stereocenters. The van der Waals surface area contributed by atoms with Crippen LogP contribution in [0.15, 0.2) is 24.3 Å². The fourth-order valence-electron chi connectivity index (χ4n) is 3.09. The number of aryl methyl sites for hydroxylation is 2. The number of carbonyl (C=O) groups is 1. The molecule has 3 rings (SSSR count). The molecular formula is C16H18N2O2. The van der Waals surface area contributed by atoms with Crippen molar-refractivity contribution in [2.24, 2.45) is 0 Å². The Morgan fingerprint density at radius 2 is 2.10 bits per heavy atom. The summed E-state index contributed by atoms with van der Waals surface area (Å²) in [5.74, 6) is -1.19. The topological polar surface area (TPSA) is 55.1 Å². The minimum Gasteiger partial charge on any atom is -0.481 e. The van der Waals surface area contributed by atoms with E-state index in [2.05, 4.69) is 5.10 Å². The lowest BCUT2D eigenvalue weighted by molar-refractivity contribution is -0.139. The summed E-state index contributed by atoms with van der Waals surface area (Å²) in [5.41, 5.74) is 5.02. The van der Waals surface area contributed by atoms with Crippen LogP contribution in [0.1, 0.15) is 41.3 Å². The van der Waals surface area contributed by atoms with E-state index in [0.29, 0.717) is 6.42 Å². The number of nitrogens with zero attached hydrogens (tertiary/aromatic N) is 2. The number of fused-ring (bicyclic) bond motifs is 1. The fourth-order valence-corrected chi connectivity index (χ4v) is 3.09. The van der Waals surface area contributed by atoms with Crippen LogP contribution >= 0.6 is 0 Å². The molecule has 0 radical (unpaired) electrons. The Bertz CT molecular complexity index is 673. The van der Waals surface area contributed by atoms with Gasteiger partial charge in [0, 0.05) is 0 Å². The lowest BCUT2D eigenvalue weighted by atomic mass is 9.86. The van der Waals surface area contributed by atoms with E-state index < -0.39 is 11.9 Å². The van der Waals surface area contributed by atoms with Crippen molar-refractivity contribution in [3.05, 3.63) is 46.8 Å². The summed E-state index contributed by atoms with van der Waals surface area (Å²) in [6.45, 7) is 4.00. The van der Waals surface area contributed by atoms with Crippen LogP contribution in [0, 0.1) is 13.8 Å². The third kappa shape index (κ3) is 1.92. The van der Waals surface area contributed by atoms with Gasteiger partial charge in [-0.25, -0.2) is 4.68 Å². The highest BCUT2D eigenvalue weighted by Crippen LogP contribution is 2.35. The third-order valence-electron chi connectivity index (χ3n) is 4.12. The molecule has 1 N–H and O–H groups in total. The van der Waals surface area contributed by atoms with Crippen LogP contribution in [0.3, 0.4) is 0 Å². The molecule has 4 heteroatoms. The Kier molecular flexibility index (Phi) is 3.08. The van der Waals surface area contributed by atoms with Crippen molar-refractivity contribution in [3.8, 4) is 5.69 Å². The molecule has 1 unspecified atom stereocenters. The minimum absolute atomic E-state index is 0.445. The highest BCUT2D eigenvalue weighted by atomic mass is 16.4. The number of carboxylic acids is 1. The first kappa shape index (κ1) is 12.9. The van der Waals surface area contributed by atoms with Crippen molar-refractivity contribution in [2.45, 2.75) is 39.0 Å². The standard InChI is InChI=1S/C16H18N2O2/c1-10-6-3-4-9-14(10)18-15-12(11(2)17-18)7-5-8-13(15)16(19)20/h3-4,6,9,13H,5,7-8H2,1-2H3,(H,19,20). The van der Waals surface area contributed by atoms with Crippen LogP contribution in [0.5, 0.6) is 0 Å². The van der Waals surface area contributed by atoms with E-state index in [4.69, 9.17) is 0 Å². The maximum absolute atomic E-state index is 11.6. The van der Waals surface area contributed by atoms with Gasteiger partial charge >= 0.3 is 5.97 Å². The van der Waals surface area contributed by atoms with Gasteiger partial charge in [0.15, 0.2) is 0 Å². The number of carboxylic acid groups (broad SMARTS) is 1. The quantitative estimate of drug-likeness (QED) is 0.912. The molecular weight excluding hydrogens is 252 g/mol. The number of aliphatic carboxylic acids is 1. The molecule has 0 fully saturated rings. The van der Waals surface area contributed by atoms with Gasteiger partial charge in [-0.2, -0.15) is 5.10 Å². The Labute approximate surface area is 118 Å². The summed E-state index contributed by atoms with van der Waals surface area (Å²) < 4.78 is 1.85. The number of aromatic nitrogens is 2. The van der Waals surface area contributed by atoms with E-state index in [9.17, 15) is 9.90 Å². The average Bonchev–Trinajstić information content (AvgIpc) is 2.77. The summed E-state index contributed by atoms with van der Waals surface area (Å²) in [4.78, 5) is 11.6. The van der Waals surface area contributed by atoms with Gasteiger partial charge in [-0.15, -0.1) is 0 Å². The van der Waals surface area contributed by atoms with Gasteiger partial charge in [0.25, 0.3) is 0 Å². The van der Waals surface area contributed by atoms with E-state index in [1.54, 1.807) is 0 Å². The number of benzene rings is 1. The molecule has 0 spiro atoms. The summed E-state index contributed by atoms with van der Waals surface area (Å²) in [7, 11) is 0. The predicted molar refractivity (Wildman–Crippen MR) is 76.4 cm³/mol. The average molecular weight is 270 g/mol. The molecule has 2 aromatic rings. The summed E-state index contributed by atoms with van der Waals surface area (Å²) in [6.07, 6.45) is 2.54. The number of rotatable bonds is 2. The molecule has 1 heterocycles. The van der Waals surface area contributed by atoms with Crippen molar-refractivity contribution in [2.75, 3.05) is 0 Å². The van der Waals surface area contributed by atoms with Gasteiger partial charge < -0.3 is 5.11 Å². The van der Waals surface area contributed by atoms with E-state index in [-0.39, 0.29) is 0 Å². The zero-order chi connectivity index (χ0) is 14.3. The SMILES string of the molecule is Cc1ccccc1-n1nc(C)c2c1C(C(=O)O)CCC2. The van der Waals surface area contributed by atoms with Gasteiger partial charge in [0.2, 0.25) is 0 Å². The molecule has 1 aliphatic carbocycles. The van der Waals surface area contributed by atoms with E-state index in [0.717, 1.165) is 41.0 Å². The molecule has 1 aromatic carbocycles. The Hall–Kier alpha value is -2.10. The monoisotopic (exact) mass is 270 g/mol. The number of hydrogen-bond acceptors (Lipinski definition) is 2. The molecule has 4 nitrogen and oxygen atoms in total. The molecule has 0 amide bonds. The van der Waals surface area contributed by atoms with E-state index in [1.165, 1.54) is 0 Å². The smallest absolute Gasteiger partial charge is 0.312 e. The zero-order valence-corrected chi connectivity index (χ0v) is 11.8. The normalized spacial score (nSPS) is 17.8. The summed E-state index contributed by atoms with van der Waals surface area (Å²) >= 11 is 0. The van der Waals surface area contributed by atoms with Crippen LogP contribution in [-0.4, -0.2) is 20.9 Å². The molecule has 0 aliphatic heterocycles. The molecule has 0 saturated heterocycles. The Balaban J connectivity index is 2.23. The van der Waals surface area contributed by atoms with Crippen LogP contribution < -0.4 is 0 Å². The van der Waals surface area contributed by atoms with Crippen molar-refractivity contribution < 1.29 is 9.90 Å². The lowest BCUT2D eigenvalue weighted by Crippen LogP contribution is -2.21. The zero-order valence-electron chi connectivity index (χ0n) is 11.8. The molecule has 0 bridgehead atoms. The largest absolute Gasteiger partial charge is 0.481 e. The molecule has 1 aromatic heterocycles. The number of para-hydroxylation sites is 1. The van der Waals surface area contributed by atoms with Crippen LogP contribution in [0.25, 0.3) is 5.69 Å². The second-order valence-corrected chi connectivity index (χ2v) is 5.43. The van der Waals surface area contributed by atoms with Crippen molar-refractivity contribution >= 4 is 5.97 Å². The summed E-state index contributed by atoms with van der Waals surface area (Å²) in [5, 5.41) is 14.1. The van der Waals surface area contributed by atoms with E-state index in [1.807, 2.05) is 42.8 Å². The maximum atomic E-state index is 11.6. The van der Waals surface area contributed by atoms with Crippen LogP contribution in [0.2, 0.25) is 0 Å². The first-order valence-corrected chi connectivity index (χ1v) is 6.97. The maximum Gasteiger partial charge on any atom is 0.312 e. The molecule has 104 valence electrons. The fraction of sp³-hybridized carbons (Fsp3) is 0.375. The second kappa shape index (κ2) is 4.78. The molecule has 0 saturated carbocycles. The van der Waals surface area contributed by atoms with Crippen molar-refractivity contribution in [3.63, 3.8) is 0 Å². The van der Waals surface area contributed by atoms with Gasteiger partial charge in [-0.3, -0.25) is 4.79 Å². The van der Waals surface area contributed by atoms with Gasteiger partial charge in [0.05, 0.1) is 23.0 Å². The molecule has 20 heavy (non-hydrogen) atoms. The van der Waals surface area contributed by atoms with Gasteiger partial charge in [-0.1, -0.05) is 18.2 Å². The predicted octanol–water partition coefficient (Wildman–Crippen LogP) is 2.99. The first-order valence-electron chi connectivity index (χ1n) is 6.97.